The first-order valence-corrected chi connectivity index (χ1v) is 14.1. The number of nitrogens with zero attached hydrogens (tertiary/aromatic N) is 6. The van der Waals surface area contributed by atoms with Crippen LogP contribution in [0.1, 0.15) is 56.6 Å². The summed E-state index contributed by atoms with van der Waals surface area (Å²) in [5.74, 6) is 3.65. The number of hydrogen-bond acceptors (Lipinski definition) is 1. The smallest absolute Gasteiger partial charge is 0.258 e. The normalized spacial score (nSPS) is 9.93. The van der Waals surface area contributed by atoms with E-state index < -0.39 is 0 Å². The van der Waals surface area contributed by atoms with Crippen LogP contribution >= 0.6 is 0 Å². The molecule has 0 radical (unpaired) electrons. The molecule has 8 heteroatoms. The van der Waals surface area contributed by atoms with E-state index in [-0.39, 0.29) is 34.0 Å². The lowest BCUT2D eigenvalue weighted by atomic mass is 10.2. The third-order valence-corrected chi connectivity index (χ3v) is 6.86. The Bertz CT molecular complexity index is 1400. The van der Waals surface area contributed by atoms with Gasteiger partial charge >= 0.3 is 0 Å². The van der Waals surface area contributed by atoms with Crippen molar-refractivity contribution in [2.24, 2.45) is 0 Å². The van der Waals surface area contributed by atoms with Crippen molar-refractivity contribution in [2.75, 3.05) is 0 Å². The number of benzene rings is 2. The first-order chi connectivity index (χ1) is 18.9. The maximum atomic E-state index is 4.05. The Morgan fingerprint density at radius 2 is 1.12 bits per heavy atom. The highest BCUT2D eigenvalue weighted by Gasteiger charge is 2.13. The zero-order chi connectivity index (χ0) is 28.2. The number of aromatic nitrogens is 6. The predicted molar refractivity (Wildman–Crippen MR) is 159 cm³/mol. The fourth-order valence-corrected chi connectivity index (χ4v) is 4.53. The summed E-state index contributed by atoms with van der Waals surface area (Å²) in [6.07, 6.45) is 14.7. The molecule has 0 aliphatic heterocycles. The summed E-state index contributed by atoms with van der Waals surface area (Å²) in [7, 11) is 0. The number of halogens is 2. The summed E-state index contributed by atoms with van der Waals surface area (Å²) >= 11 is 0. The summed E-state index contributed by atoms with van der Waals surface area (Å²) < 4.78 is 11.1. The van der Waals surface area contributed by atoms with Crippen molar-refractivity contribution in [3.63, 3.8) is 0 Å². The largest absolute Gasteiger partial charge is 1.00 e. The van der Waals surface area contributed by atoms with Crippen molar-refractivity contribution in [1.29, 1.82) is 0 Å². The van der Waals surface area contributed by atoms with Crippen LogP contribution in [0.15, 0.2) is 91.8 Å². The quantitative estimate of drug-likeness (QED) is 0.230. The van der Waals surface area contributed by atoms with Gasteiger partial charge in [0.25, 0.3) is 11.6 Å². The van der Waals surface area contributed by atoms with E-state index >= 15 is 0 Å². The van der Waals surface area contributed by atoms with Crippen molar-refractivity contribution in [3.8, 4) is 11.4 Å². The molecule has 2 aromatic carbocycles. The average Bonchev–Trinajstić information content (AvgIpc) is 3.65. The van der Waals surface area contributed by atoms with Crippen molar-refractivity contribution < 1.29 is 43.1 Å². The Morgan fingerprint density at radius 1 is 0.634 bits per heavy atom. The fraction of sp³-hybridized carbons (Fsp3) is 0.364. The molecule has 0 spiro atoms. The molecule has 0 aliphatic carbocycles. The number of hydrogen-bond donors (Lipinski definition) is 0. The van der Waals surface area contributed by atoms with Gasteiger partial charge in [-0.05, 0) is 57.9 Å². The maximum absolute atomic E-state index is 4.05. The first kappa shape index (κ1) is 36.1. The van der Waals surface area contributed by atoms with E-state index in [1.165, 1.54) is 41.4 Å². The van der Waals surface area contributed by atoms with E-state index in [4.69, 9.17) is 0 Å². The van der Waals surface area contributed by atoms with Gasteiger partial charge in [0.1, 0.15) is 42.0 Å². The van der Waals surface area contributed by atoms with Crippen LogP contribution in [-0.2, 0) is 19.6 Å². The van der Waals surface area contributed by atoms with Crippen LogP contribution in [0.4, 0.5) is 0 Å². The van der Waals surface area contributed by atoms with Crippen LogP contribution in [0.5, 0.6) is 0 Å². The van der Waals surface area contributed by atoms with Crippen LogP contribution in [0, 0.1) is 27.7 Å². The summed E-state index contributed by atoms with van der Waals surface area (Å²) in [4.78, 5) is 4.05. The SMILES string of the molecule is CCC[n+]1ccn(-c2ccc(C)cc2)c1C.CCC[n+]1ccn(-c2ccccc2)c1C.CCn1ccnc1C.[Br-].[Br-]. The van der Waals surface area contributed by atoms with E-state index in [1.807, 2.05) is 25.4 Å². The van der Waals surface area contributed by atoms with E-state index in [1.54, 1.807) is 0 Å². The van der Waals surface area contributed by atoms with Gasteiger partial charge in [0, 0.05) is 32.8 Å². The fourth-order valence-electron chi connectivity index (χ4n) is 4.53. The molecule has 0 saturated carbocycles. The van der Waals surface area contributed by atoms with Gasteiger partial charge in [0.15, 0.2) is 0 Å². The van der Waals surface area contributed by atoms with E-state index in [0.717, 1.165) is 25.5 Å². The Morgan fingerprint density at radius 3 is 1.51 bits per heavy atom. The van der Waals surface area contributed by atoms with Crippen molar-refractivity contribution in [2.45, 2.75) is 80.9 Å². The minimum absolute atomic E-state index is 0. The first-order valence-electron chi connectivity index (χ1n) is 14.1. The molecule has 41 heavy (non-hydrogen) atoms. The predicted octanol–water partition coefficient (Wildman–Crippen LogP) is 0.494. The molecule has 0 aliphatic rings. The Balaban J connectivity index is 0.000000315. The summed E-state index contributed by atoms with van der Waals surface area (Å²) in [5.41, 5.74) is 3.76. The molecule has 0 amide bonds. The molecule has 222 valence electrons. The van der Waals surface area contributed by atoms with Gasteiger partial charge < -0.3 is 38.5 Å². The Kier molecular flexibility index (Phi) is 16.2. The van der Waals surface area contributed by atoms with Crippen molar-refractivity contribution in [1.82, 2.24) is 18.7 Å². The molecule has 0 bridgehead atoms. The zero-order valence-corrected chi connectivity index (χ0v) is 28.8. The number of para-hydroxylation sites is 1. The van der Waals surface area contributed by atoms with Gasteiger partial charge in [0.05, 0.1) is 13.1 Å². The lowest BCUT2D eigenvalue weighted by Crippen LogP contribution is -3.00. The number of aryl methyl sites for hydroxylation is 5. The third-order valence-electron chi connectivity index (χ3n) is 6.86. The van der Waals surface area contributed by atoms with Crippen LogP contribution < -0.4 is 43.1 Å². The second-order valence-electron chi connectivity index (χ2n) is 9.75. The lowest BCUT2D eigenvalue weighted by Gasteiger charge is -2.00. The summed E-state index contributed by atoms with van der Waals surface area (Å²) in [5, 5.41) is 0. The van der Waals surface area contributed by atoms with Crippen LogP contribution in [0.3, 0.4) is 0 Å². The van der Waals surface area contributed by atoms with E-state index in [9.17, 15) is 0 Å². The molecule has 6 nitrogen and oxygen atoms in total. The molecular weight excluding hydrogens is 640 g/mol. The monoisotopic (exact) mass is 684 g/mol. The number of imidazole rings is 3. The number of rotatable bonds is 7. The maximum Gasteiger partial charge on any atom is 0.258 e. The highest BCUT2D eigenvalue weighted by molar-refractivity contribution is 5.34. The Labute approximate surface area is 267 Å². The van der Waals surface area contributed by atoms with Gasteiger partial charge in [-0.3, -0.25) is 0 Å². The standard InChI is InChI=1S/C14H19N2.C13H17N2.C6H10N2.2BrH/c1-4-9-15-10-11-16(13(15)3)14-7-5-12(2)6-8-14;1-3-9-14-10-11-15(12(14)2)13-7-5-4-6-8-13;1-3-8-5-4-7-6(8)2;;/h5-8,10-11H,4,9H2,1-3H3;4-8,10-11H,3,9H2,1-2H3;4-5H,3H2,1-2H3;2*1H/q2*+1;;;/p-2. The molecule has 0 saturated heterocycles. The summed E-state index contributed by atoms with van der Waals surface area (Å²) in [6, 6.07) is 19.1. The topological polar surface area (TPSA) is 35.4 Å². The van der Waals surface area contributed by atoms with Gasteiger partial charge in [-0.2, -0.15) is 0 Å². The van der Waals surface area contributed by atoms with Crippen LogP contribution in [0.2, 0.25) is 0 Å². The van der Waals surface area contributed by atoms with Crippen molar-refractivity contribution >= 4 is 0 Å². The average molecular weight is 687 g/mol. The molecule has 0 fully saturated rings. The molecule has 5 rings (SSSR count). The molecule has 5 aromatic rings. The van der Waals surface area contributed by atoms with Gasteiger partial charge in [0.2, 0.25) is 0 Å². The van der Waals surface area contributed by atoms with E-state index in [2.05, 4.69) is 143 Å². The minimum Gasteiger partial charge on any atom is -1.00 e. The molecular formula is C33H46Br2N6. The van der Waals surface area contributed by atoms with Crippen LogP contribution in [-0.4, -0.2) is 18.7 Å². The second-order valence-corrected chi connectivity index (χ2v) is 9.75. The molecule has 0 N–H and O–H groups in total. The second kappa shape index (κ2) is 18.5. The van der Waals surface area contributed by atoms with Gasteiger partial charge in [-0.15, -0.1) is 0 Å². The molecule has 0 atom stereocenters. The molecule has 3 heterocycles. The highest BCUT2D eigenvalue weighted by atomic mass is 79.9. The zero-order valence-electron chi connectivity index (χ0n) is 25.6. The van der Waals surface area contributed by atoms with Gasteiger partial charge in [-0.1, -0.05) is 49.7 Å². The van der Waals surface area contributed by atoms with Crippen LogP contribution in [0.25, 0.3) is 11.4 Å². The highest BCUT2D eigenvalue weighted by Crippen LogP contribution is 2.11. The third kappa shape index (κ3) is 10.1. The molecule has 3 aromatic heterocycles. The lowest BCUT2D eigenvalue weighted by molar-refractivity contribution is -0.702. The van der Waals surface area contributed by atoms with Crippen molar-refractivity contribution in [3.05, 3.63) is 115 Å². The van der Waals surface area contributed by atoms with E-state index in [0.29, 0.717) is 0 Å². The Hall–Kier alpha value is -2.97. The minimum atomic E-state index is 0. The summed E-state index contributed by atoms with van der Waals surface area (Å²) in [6.45, 7) is 18.1. The molecule has 0 unspecified atom stereocenters. The van der Waals surface area contributed by atoms with Gasteiger partial charge in [-0.25, -0.2) is 23.3 Å².